The Morgan fingerprint density at radius 3 is 0.968 bits per heavy atom. The van der Waals surface area contributed by atoms with Gasteiger partial charge < -0.3 is 14.2 Å². The lowest BCUT2D eigenvalue weighted by molar-refractivity contribution is -0.167. The lowest BCUT2D eigenvalue weighted by Crippen LogP contribution is -2.30. The van der Waals surface area contributed by atoms with Crippen molar-refractivity contribution in [1.82, 2.24) is 0 Å². The van der Waals surface area contributed by atoms with E-state index in [9.17, 15) is 14.4 Å². The second kappa shape index (κ2) is 51.3. The Balaban J connectivity index is 4.06. The molecule has 0 saturated carbocycles. The molecule has 0 spiro atoms. The quantitative estimate of drug-likeness (QED) is 0.0262. The summed E-state index contributed by atoms with van der Waals surface area (Å²) < 4.78 is 16.7. The summed E-state index contributed by atoms with van der Waals surface area (Å²) in [4.78, 5) is 37.7. The van der Waals surface area contributed by atoms with Crippen molar-refractivity contribution in [2.24, 2.45) is 0 Å². The molecule has 0 aromatic rings. The second-order valence-electron chi connectivity index (χ2n) is 18.1. The van der Waals surface area contributed by atoms with Gasteiger partial charge in [0, 0.05) is 19.3 Å². The van der Waals surface area contributed by atoms with Gasteiger partial charge in [0.25, 0.3) is 0 Å². The van der Waals surface area contributed by atoms with E-state index < -0.39 is 6.10 Å². The van der Waals surface area contributed by atoms with Crippen molar-refractivity contribution in [3.05, 3.63) is 36.5 Å². The summed E-state index contributed by atoms with van der Waals surface area (Å²) in [7, 11) is 0. The Morgan fingerprint density at radius 1 is 0.323 bits per heavy atom. The first kappa shape index (κ1) is 59.6. The zero-order valence-electron chi connectivity index (χ0n) is 41.4. The first-order valence-electron chi connectivity index (χ1n) is 27.0. The molecule has 0 aromatic heterocycles. The fraction of sp³-hybridized carbons (Fsp3) is 0.839. The summed E-state index contributed by atoms with van der Waals surface area (Å²) in [6.07, 6.45) is 60.3. The first-order valence-corrected chi connectivity index (χ1v) is 27.0. The van der Waals surface area contributed by atoms with Gasteiger partial charge in [-0.25, -0.2) is 0 Å². The predicted octanol–water partition coefficient (Wildman–Crippen LogP) is 17.7. The average Bonchev–Trinajstić information content (AvgIpc) is 3.27. The SMILES string of the molecule is CCC/C=C\C/C=C\CCCCCCCC(=O)OC(COC(=O)CCCCCCCC)COC(=O)CCCCCCCCCCCCCCC/C=C\CCCCCCCCCC. The van der Waals surface area contributed by atoms with Crippen LogP contribution in [-0.4, -0.2) is 37.2 Å². The number of carbonyl (C=O) groups excluding carboxylic acids is 3. The molecule has 0 fully saturated rings. The van der Waals surface area contributed by atoms with Crippen LogP contribution in [0.2, 0.25) is 0 Å². The van der Waals surface area contributed by atoms with Crippen molar-refractivity contribution in [3.63, 3.8) is 0 Å². The molecule has 0 bridgehead atoms. The minimum atomic E-state index is -0.773. The fourth-order valence-electron chi connectivity index (χ4n) is 7.77. The Hall–Kier alpha value is -2.37. The molecule has 6 heteroatoms. The first-order chi connectivity index (χ1) is 30.5. The lowest BCUT2D eigenvalue weighted by Gasteiger charge is -2.18. The highest BCUT2D eigenvalue weighted by Crippen LogP contribution is 2.16. The van der Waals surface area contributed by atoms with Gasteiger partial charge in [-0.15, -0.1) is 0 Å². The molecule has 362 valence electrons. The number of allylic oxidation sites excluding steroid dienone is 6. The van der Waals surface area contributed by atoms with E-state index in [1.54, 1.807) is 0 Å². The van der Waals surface area contributed by atoms with Crippen LogP contribution in [0.1, 0.15) is 284 Å². The summed E-state index contributed by atoms with van der Waals surface area (Å²) in [5.74, 6) is -0.892. The van der Waals surface area contributed by atoms with E-state index in [4.69, 9.17) is 14.2 Å². The van der Waals surface area contributed by atoms with Gasteiger partial charge in [-0.2, -0.15) is 0 Å². The Morgan fingerprint density at radius 2 is 0.613 bits per heavy atom. The molecule has 0 aliphatic heterocycles. The molecule has 0 rings (SSSR count). The number of ether oxygens (including phenoxy) is 3. The normalized spacial score (nSPS) is 12.2. The number of carbonyl (C=O) groups is 3. The van der Waals surface area contributed by atoms with E-state index in [2.05, 4.69) is 57.2 Å². The van der Waals surface area contributed by atoms with Crippen molar-refractivity contribution in [1.29, 1.82) is 0 Å². The van der Waals surface area contributed by atoms with Crippen LogP contribution in [0.15, 0.2) is 36.5 Å². The van der Waals surface area contributed by atoms with Crippen molar-refractivity contribution in [2.45, 2.75) is 290 Å². The molecular formula is C56H102O6. The van der Waals surface area contributed by atoms with Gasteiger partial charge in [0.15, 0.2) is 6.10 Å². The van der Waals surface area contributed by atoms with E-state index in [1.807, 2.05) is 0 Å². The summed E-state index contributed by atoms with van der Waals surface area (Å²) in [6.45, 7) is 6.52. The van der Waals surface area contributed by atoms with E-state index in [1.165, 1.54) is 154 Å². The van der Waals surface area contributed by atoms with Crippen molar-refractivity contribution in [2.75, 3.05) is 13.2 Å². The Kier molecular flexibility index (Phi) is 49.3. The summed E-state index contributed by atoms with van der Waals surface area (Å²) in [5.41, 5.74) is 0. The van der Waals surface area contributed by atoms with Gasteiger partial charge >= 0.3 is 17.9 Å². The number of hydrogen-bond donors (Lipinski definition) is 0. The highest BCUT2D eigenvalue weighted by Gasteiger charge is 2.19. The zero-order chi connectivity index (χ0) is 45.1. The number of unbranched alkanes of at least 4 members (excludes halogenated alkanes) is 32. The van der Waals surface area contributed by atoms with Crippen LogP contribution in [0.25, 0.3) is 0 Å². The van der Waals surface area contributed by atoms with E-state index in [0.29, 0.717) is 19.3 Å². The topological polar surface area (TPSA) is 78.9 Å². The van der Waals surface area contributed by atoms with Gasteiger partial charge in [0.05, 0.1) is 0 Å². The summed E-state index contributed by atoms with van der Waals surface area (Å²) >= 11 is 0. The molecule has 1 unspecified atom stereocenters. The molecule has 0 aliphatic carbocycles. The van der Waals surface area contributed by atoms with Crippen LogP contribution in [0.3, 0.4) is 0 Å². The highest BCUT2D eigenvalue weighted by atomic mass is 16.6. The van der Waals surface area contributed by atoms with Crippen LogP contribution in [0.5, 0.6) is 0 Å². The molecule has 0 amide bonds. The number of esters is 3. The minimum absolute atomic E-state index is 0.0758. The van der Waals surface area contributed by atoms with Gasteiger partial charge in [-0.3, -0.25) is 14.4 Å². The zero-order valence-corrected chi connectivity index (χ0v) is 41.4. The largest absolute Gasteiger partial charge is 0.462 e. The van der Waals surface area contributed by atoms with Gasteiger partial charge in [0.1, 0.15) is 13.2 Å². The maximum absolute atomic E-state index is 12.7. The molecule has 62 heavy (non-hydrogen) atoms. The maximum Gasteiger partial charge on any atom is 0.306 e. The van der Waals surface area contributed by atoms with Crippen LogP contribution >= 0.6 is 0 Å². The standard InChI is InChI=1S/C56H102O6/c1-4-7-10-13-16-18-20-22-23-24-25-26-27-28-29-30-31-32-33-35-36-38-40-43-46-49-55(58)61-52-53(51-60-54(57)48-45-42-15-12-9-6-3)62-56(59)50-47-44-41-39-37-34-21-19-17-14-11-8-5-2/h11,14,19,21,24-25,53H,4-10,12-13,15-18,20,22-23,26-52H2,1-3H3/b14-11-,21-19-,25-24-. The molecule has 0 aliphatic rings. The van der Waals surface area contributed by atoms with Crippen molar-refractivity contribution in [3.8, 4) is 0 Å². The van der Waals surface area contributed by atoms with Crippen LogP contribution in [0, 0.1) is 0 Å². The molecule has 0 heterocycles. The third-order valence-electron chi connectivity index (χ3n) is 11.8. The van der Waals surface area contributed by atoms with Crippen LogP contribution in [-0.2, 0) is 28.6 Å². The molecular weight excluding hydrogens is 769 g/mol. The molecule has 6 nitrogen and oxygen atoms in total. The van der Waals surface area contributed by atoms with Crippen molar-refractivity contribution < 1.29 is 28.6 Å². The number of hydrogen-bond acceptors (Lipinski definition) is 6. The third-order valence-corrected chi connectivity index (χ3v) is 11.8. The van der Waals surface area contributed by atoms with E-state index in [-0.39, 0.29) is 31.1 Å². The molecule has 1 atom stereocenters. The van der Waals surface area contributed by atoms with Gasteiger partial charge in [-0.1, -0.05) is 231 Å². The third kappa shape index (κ3) is 48.7. The van der Waals surface area contributed by atoms with E-state index in [0.717, 1.165) is 89.9 Å². The lowest BCUT2D eigenvalue weighted by atomic mass is 10.0. The fourth-order valence-corrected chi connectivity index (χ4v) is 7.77. The number of rotatable bonds is 49. The smallest absolute Gasteiger partial charge is 0.306 e. The Bertz CT molecular complexity index is 1050. The highest BCUT2D eigenvalue weighted by molar-refractivity contribution is 5.71. The summed E-state index contributed by atoms with van der Waals surface area (Å²) in [5, 5.41) is 0. The minimum Gasteiger partial charge on any atom is -0.462 e. The van der Waals surface area contributed by atoms with Crippen molar-refractivity contribution >= 4 is 17.9 Å². The molecule has 0 aromatic carbocycles. The van der Waals surface area contributed by atoms with Gasteiger partial charge in [0.2, 0.25) is 0 Å². The summed E-state index contributed by atoms with van der Waals surface area (Å²) in [6, 6.07) is 0. The monoisotopic (exact) mass is 871 g/mol. The Labute approximate surface area is 385 Å². The molecule has 0 radical (unpaired) electrons. The van der Waals surface area contributed by atoms with Gasteiger partial charge in [-0.05, 0) is 70.6 Å². The van der Waals surface area contributed by atoms with Crippen LogP contribution < -0.4 is 0 Å². The van der Waals surface area contributed by atoms with Crippen LogP contribution in [0.4, 0.5) is 0 Å². The average molecular weight is 871 g/mol. The molecule has 0 saturated heterocycles. The van der Waals surface area contributed by atoms with E-state index >= 15 is 0 Å². The maximum atomic E-state index is 12.7. The predicted molar refractivity (Wildman–Crippen MR) is 266 cm³/mol. The molecule has 0 N–H and O–H groups in total. The second-order valence-corrected chi connectivity index (χ2v) is 18.1.